The van der Waals surface area contributed by atoms with E-state index in [9.17, 15) is 4.79 Å². The second-order valence-electron chi connectivity index (χ2n) is 3.50. The van der Waals surface area contributed by atoms with Gasteiger partial charge in [-0.15, -0.1) is 0 Å². The molecule has 0 amide bonds. The predicted molar refractivity (Wildman–Crippen MR) is 53.9 cm³/mol. The summed E-state index contributed by atoms with van der Waals surface area (Å²) in [5, 5.41) is 9.11. The van der Waals surface area contributed by atoms with Gasteiger partial charge in [-0.3, -0.25) is 4.79 Å². The molecule has 14 heavy (non-hydrogen) atoms. The van der Waals surface area contributed by atoms with E-state index in [4.69, 9.17) is 5.11 Å². The lowest BCUT2D eigenvalue weighted by atomic mass is 9.88. The molecule has 1 aromatic rings. The summed E-state index contributed by atoms with van der Waals surface area (Å²) in [5.41, 5.74) is 0.988. The number of benzene rings is 1. The highest BCUT2D eigenvalue weighted by molar-refractivity contribution is 5.98. The SMILES string of the molecule is O=C1C=CC(CO)C1c1ccccc1. The van der Waals surface area contributed by atoms with Crippen molar-refractivity contribution in [2.24, 2.45) is 5.92 Å². The number of rotatable bonds is 2. The molecular formula is C12H12O2. The molecule has 0 radical (unpaired) electrons. The van der Waals surface area contributed by atoms with Crippen molar-refractivity contribution in [2.75, 3.05) is 6.61 Å². The number of aliphatic hydroxyl groups is 1. The van der Waals surface area contributed by atoms with Gasteiger partial charge in [0.2, 0.25) is 0 Å². The van der Waals surface area contributed by atoms with Crippen LogP contribution in [-0.4, -0.2) is 17.5 Å². The van der Waals surface area contributed by atoms with Crippen molar-refractivity contribution >= 4 is 5.78 Å². The fourth-order valence-electron chi connectivity index (χ4n) is 1.88. The summed E-state index contributed by atoms with van der Waals surface area (Å²) in [7, 11) is 0. The van der Waals surface area contributed by atoms with Crippen LogP contribution >= 0.6 is 0 Å². The monoisotopic (exact) mass is 188 g/mol. The number of carbonyl (C=O) groups excluding carboxylic acids is 1. The van der Waals surface area contributed by atoms with E-state index in [-0.39, 0.29) is 24.2 Å². The van der Waals surface area contributed by atoms with Crippen LogP contribution in [0.15, 0.2) is 42.5 Å². The van der Waals surface area contributed by atoms with Crippen LogP contribution in [-0.2, 0) is 4.79 Å². The van der Waals surface area contributed by atoms with Crippen LogP contribution in [0.5, 0.6) is 0 Å². The fourth-order valence-corrected chi connectivity index (χ4v) is 1.88. The first-order valence-corrected chi connectivity index (χ1v) is 4.71. The van der Waals surface area contributed by atoms with Gasteiger partial charge < -0.3 is 5.11 Å². The summed E-state index contributed by atoms with van der Waals surface area (Å²) < 4.78 is 0. The van der Waals surface area contributed by atoms with Gasteiger partial charge in [0.05, 0.1) is 12.5 Å². The maximum Gasteiger partial charge on any atom is 0.163 e. The van der Waals surface area contributed by atoms with Crippen LogP contribution in [0, 0.1) is 5.92 Å². The number of ketones is 1. The van der Waals surface area contributed by atoms with E-state index in [2.05, 4.69) is 0 Å². The van der Waals surface area contributed by atoms with Crippen molar-refractivity contribution < 1.29 is 9.90 Å². The molecule has 0 spiro atoms. The molecule has 0 bridgehead atoms. The number of aliphatic hydroxyl groups excluding tert-OH is 1. The Morgan fingerprint density at radius 3 is 2.57 bits per heavy atom. The van der Waals surface area contributed by atoms with Gasteiger partial charge in [0, 0.05) is 5.92 Å². The van der Waals surface area contributed by atoms with Crippen molar-refractivity contribution in [3.8, 4) is 0 Å². The number of allylic oxidation sites excluding steroid dienone is 1. The smallest absolute Gasteiger partial charge is 0.163 e. The molecule has 0 saturated carbocycles. The molecule has 0 heterocycles. The van der Waals surface area contributed by atoms with Crippen LogP contribution in [0.3, 0.4) is 0 Å². The van der Waals surface area contributed by atoms with E-state index in [0.29, 0.717) is 0 Å². The molecule has 2 rings (SSSR count). The van der Waals surface area contributed by atoms with Gasteiger partial charge >= 0.3 is 0 Å². The van der Waals surface area contributed by atoms with Gasteiger partial charge in [0.1, 0.15) is 0 Å². The Morgan fingerprint density at radius 1 is 1.21 bits per heavy atom. The van der Waals surface area contributed by atoms with E-state index in [1.807, 2.05) is 30.3 Å². The third-order valence-corrected chi connectivity index (χ3v) is 2.61. The highest BCUT2D eigenvalue weighted by atomic mass is 16.3. The third-order valence-electron chi connectivity index (χ3n) is 2.61. The molecule has 1 aliphatic rings. The highest BCUT2D eigenvalue weighted by Gasteiger charge is 2.30. The van der Waals surface area contributed by atoms with Gasteiger partial charge in [0.15, 0.2) is 5.78 Å². The first-order chi connectivity index (χ1) is 6.83. The van der Waals surface area contributed by atoms with Gasteiger partial charge in [-0.1, -0.05) is 36.4 Å². The van der Waals surface area contributed by atoms with Crippen molar-refractivity contribution in [1.29, 1.82) is 0 Å². The minimum absolute atomic E-state index is 0.0296. The Bertz CT molecular complexity index is 354. The topological polar surface area (TPSA) is 37.3 Å². The minimum atomic E-state index is -0.179. The van der Waals surface area contributed by atoms with E-state index >= 15 is 0 Å². The molecular weight excluding hydrogens is 176 g/mol. The first-order valence-electron chi connectivity index (χ1n) is 4.71. The second-order valence-corrected chi connectivity index (χ2v) is 3.50. The molecule has 2 unspecified atom stereocenters. The van der Waals surface area contributed by atoms with Crippen molar-refractivity contribution in [3.05, 3.63) is 48.0 Å². The lowest BCUT2D eigenvalue weighted by Gasteiger charge is -2.15. The Morgan fingerprint density at radius 2 is 1.93 bits per heavy atom. The minimum Gasteiger partial charge on any atom is -0.396 e. The largest absolute Gasteiger partial charge is 0.396 e. The zero-order chi connectivity index (χ0) is 9.97. The standard InChI is InChI=1S/C12H12O2/c13-8-10-6-7-11(14)12(10)9-4-2-1-3-5-9/h1-7,10,12-13H,8H2. The van der Waals surface area contributed by atoms with E-state index in [0.717, 1.165) is 5.56 Å². The molecule has 0 fully saturated rings. The molecule has 2 atom stereocenters. The van der Waals surface area contributed by atoms with Crippen molar-refractivity contribution in [2.45, 2.75) is 5.92 Å². The van der Waals surface area contributed by atoms with Crippen molar-refractivity contribution in [3.63, 3.8) is 0 Å². The highest BCUT2D eigenvalue weighted by Crippen LogP contribution is 2.31. The van der Waals surface area contributed by atoms with E-state index in [1.54, 1.807) is 12.2 Å². The van der Waals surface area contributed by atoms with Crippen LogP contribution in [0.25, 0.3) is 0 Å². The zero-order valence-corrected chi connectivity index (χ0v) is 7.76. The van der Waals surface area contributed by atoms with E-state index < -0.39 is 0 Å². The summed E-state index contributed by atoms with van der Waals surface area (Å²) in [6.45, 7) is 0.0296. The molecule has 2 heteroatoms. The summed E-state index contributed by atoms with van der Waals surface area (Å²) in [4.78, 5) is 11.5. The lowest BCUT2D eigenvalue weighted by Crippen LogP contribution is -2.16. The van der Waals surface area contributed by atoms with Crippen molar-refractivity contribution in [1.82, 2.24) is 0 Å². The van der Waals surface area contributed by atoms with Crippen LogP contribution in [0.4, 0.5) is 0 Å². The van der Waals surface area contributed by atoms with Gasteiger partial charge in [-0.25, -0.2) is 0 Å². The third kappa shape index (κ3) is 1.49. The normalized spacial score (nSPS) is 25.6. The Labute approximate surface area is 82.9 Å². The quantitative estimate of drug-likeness (QED) is 0.764. The molecule has 1 N–H and O–H groups in total. The zero-order valence-electron chi connectivity index (χ0n) is 7.76. The predicted octanol–water partition coefficient (Wildman–Crippen LogP) is 1.52. The summed E-state index contributed by atoms with van der Waals surface area (Å²) in [6, 6.07) is 9.60. The summed E-state index contributed by atoms with van der Waals surface area (Å²) >= 11 is 0. The van der Waals surface area contributed by atoms with Crippen LogP contribution in [0.2, 0.25) is 0 Å². The van der Waals surface area contributed by atoms with Gasteiger partial charge in [-0.2, -0.15) is 0 Å². The molecule has 0 aliphatic heterocycles. The molecule has 1 aromatic carbocycles. The van der Waals surface area contributed by atoms with E-state index in [1.165, 1.54) is 0 Å². The average molecular weight is 188 g/mol. The first kappa shape index (κ1) is 9.16. The molecule has 2 nitrogen and oxygen atoms in total. The second kappa shape index (κ2) is 3.76. The molecule has 0 saturated heterocycles. The molecule has 72 valence electrons. The van der Waals surface area contributed by atoms with Crippen LogP contribution < -0.4 is 0 Å². The Kier molecular flexibility index (Phi) is 2.46. The summed E-state index contributed by atoms with van der Waals surface area (Å²) in [5.74, 6) is -0.138. The maximum absolute atomic E-state index is 11.5. The Hall–Kier alpha value is -1.41. The molecule has 0 aromatic heterocycles. The van der Waals surface area contributed by atoms with Gasteiger partial charge in [-0.05, 0) is 11.6 Å². The fraction of sp³-hybridized carbons (Fsp3) is 0.250. The Balaban J connectivity index is 2.30. The molecule has 1 aliphatic carbocycles. The van der Waals surface area contributed by atoms with Crippen LogP contribution in [0.1, 0.15) is 11.5 Å². The van der Waals surface area contributed by atoms with Gasteiger partial charge in [0.25, 0.3) is 0 Å². The lowest BCUT2D eigenvalue weighted by molar-refractivity contribution is -0.116. The number of hydrogen-bond acceptors (Lipinski definition) is 2. The number of hydrogen-bond donors (Lipinski definition) is 1. The average Bonchev–Trinajstić information content (AvgIpc) is 2.61. The summed E-state index contributed by atoms with van der Waals surface area (Å²) in [6.07, 6.45) is 3.36. The number of carbonyl (C=O) groups is 1. The maximum atomic E-state index is 11.5.